The van der Waals surface area contributed by atoms with Gasteiger partial charge in [0.05, 0.1) is 19.1 Å². The summed E-state index contributed by atoms with van der Waals surface area (Å²) in [7, 11) is 0. The van der Waals surface area contributed by atoms with Gasteiger partial charge in [-0.15, -0.1) is 0 Å². The molecule has 0 heterocycles. The lowest BCUT2D eigenvalue weighted by Gasteiger charge is -2.26. The second-order valence-electron chi connectivity index (χ2n) is 6.05. The highest BCUT2D eigenvalue weighted by atomic mass is 35.5. The zero-order valence-electron chi connectivity index (χ0n) is 12.9. The molecule has 0 fully saturated rings. The van der Waals surface area contributed by atoms with Gasteiger partial charge in [0.2, 0.25) is 5.91 Å². The lowest BCUT2D eigenvalue weighted by Crippen LogP contribution is -2.36. The van der Waals surface area contributed by atoms with Crippen molar-refractivity contribution in [2.24, 2.45) is 5.41 Å². The van der Waals surface area contributed by atoms with Gasteiger partial charge in [-0.2, -0.15) is 0 Å². The Morgan fingerprint density at radius 3 is 2.81 bits per heavy atom. The number of hydrogen-bond acceptors (Lipinski definition) is 3. The van der Waals surface area contributed by atoms with E-state index in [0.29, 0.717) is 30.3 Å². The Morgan fingerprint density at radius 1 is 1.48 bits per heavy atom. The van der Waals surface area contributed by atoms with Crippen molar-refractivity contribution in [1.82, 2.24) is 5.32 Å². The number of rotatable bonds is 8. The summed E-state index contributed by atoms with van der Waals surface area (Å²) in [5.41, 5.74) is -0.127. The van der Waals surface area contributed by atoms with Crippen LogP contribution >= 0.6 is 11.6 Å². The fraction of sp³-hybridized carbons (Fsp3) is 0.562. The summed E-state index contributed by atoms with van der Waals surface area (Å²) in [6.45, 7) is 6.63. The fourth-order valence-corrected chi connectivity index (χ4v) is 2.30. The minimum atomic E-state index is -0.372. The van der Waals surface area contributed by atoms with E-state index in [-0.39, 0.29) is 23.8 Å². The predicted octanol–water partition coefficient (Wildman–Crippen LogP) is 3.02. The van der Waals surface area contributed by atoms with Crippen LogP contribution in [0.15, 0.2) is 24.3 Å². The molecule has 0 aromatic heterocycles. The average Bonchev–Trinajstić information content (AvgIpc) is 2.35. The SMILES string of the molecule is C[C@H](O)CC(C)(C)CNC(=O)CCOc1cccc(Cl)c1. The molecule has 1 aromatic rings. The molecule has 0 spiro atoms. The number of aliphatic hydroxyl groups is 1. The zero-order valence-corrected chi connectivity index (χ0v) is 13.6. The van der Waals surface area contributed by atoms with Gasteiger partial charge < -0.3 is 15.2 Å². The van der Waals surface area contributed by atoms with Crippen LogP contribution in [0.4, 0.5) is 0 Å². The molecular weight excluding hydrogens is 290 g/mol. The Kier molecular flexibility index (Phi) is 6.99. The van der Waals surface area contributed by atoms with Crippen molar-refractivity contribution in [2.75, 3.05) is 13.2 Å². The van der Waals surface area contributed by atoms with Gasteiger partial charge in [0.15, 0.2) is 0 Å². The van der Waals surface area contributed by atoms with Crippen molar-refractivity contribution >= 4 is 17.5 Å². The first-order valence-corrected chi connectivity index (χ1v) is 7.49. The molecule has 0 saturated carbocycles. The molecule has 0 aliphatic heterocycles. The third-order valence-corrected chi connectivity index (χ3v) is 3.24. The van der Waals surface area contributed by atoms with Crippen LogP contribution in [-0.4, -0.2) is 30.3 Å². The van der Waals surface area contributed by atoms with Crippen LogP contribution in [0.5, 0.6) is 5.75 Å². The second-order valence-corrected chi connectivity index (χ2v) is 6.49. The molecular formula is C16H24ClNO3. The van der Waals surface area contributed by atoms with Crippen LogP contribution in [0.2, 0.25) is 5.02 Å². The molecule has 118 valence electrons. The topological polar surface area (TPSA) is 58.6 Å². The maximum absolute atomic E-state index is 11.8. The molecule has 1 rings (SSSR count). The van der Waals surface area contributed by atoms with E-state index < -0.39 is 0 Å². The van der Waals surface area contributed by atoms with Gasteiger partial charge in [-0.05, 0) is 37.0 Å². The highest BCUT2D eigenvalue weighted by molar-refractivity contribution is 6.30. The number of carbonyl (C=O) groups is 1. The molecule has 5 heteroatoms. The van der Waals surface area contributed by atoms with E-state index in [4.69, 9.17) is 16.3 Å². The average molecular weight is 314 g/mol. The summed E-state index contributed by atoms with van der Waals surface area (Å²) in [5, 5.41) is 12.9. The van der Waals surface area contributed by atoms with Crippen LogP contribution in [-0.2, 0) is 4.79 Å². The third-order valence-electron chi connectivity index (χ3n) is 3.01. The van der Waals surface area contributed by atoms with Crippen LogP contribution in [0, 0.1) is 5.41 Å². The summed E-state index contributed by atoms with van der Waals surface area (Å²) in [6.07, 6.45) is 0.562. The lowest BCUT2D eigenvalue weighted by molar-refractivity contribution is -0.122. The number of amides is 1. The van der Waals surface area contributed by atoms with Crippen molar-refractivity contribution in [2.45, 2.75) is 39.7 Å². The Labute approximate surface area is 131 Å². The van der Waals surface area contributed by atoms with E-state index in [1.165, 1.54) is 0 Å². The van der Waals surface area contributed by atoms with Crippen LogP contribution in [0.25, 0.3) is 0 Å². The maximum Gasteiger partial charge on any atom is 0.223 e. The standard InChI is InChI=1S/C16H24ClNO3/c1-12(19)10-16(2,3)11-18-15(20)7-8-21-14-6-4-5-13(17)9-14/h4-6,9,12,19H,7-8,10-11H2,1-3H3,(H,18,20)/t12-/m0/s1. The van der Waals surface area contributed by atoms with Gasteiger partial charge in [-0.3, -0.25) is 4.79 Å². The smallest absolute Gasteiger partial charge is 0.223 e. The van der Waals surface area contributed by atoms with E-state index in [2.05, 4.69) is 5.32 Å². The normalized spacial score (nSPS) is 12.8. The summed E-state index contributed by atoms with van der Waals surface area (Å²) in [4.78, 5) is 11.8. The lowest BCUT2D eigenvalue weighted by atomic mass is 9.87. The Balaban J connectivity index is 2.25. The number of benzene rings is 1. The molecule has 4 nitrogen and oxygen atoms in total. The molecule has 1 aromatic carbocycles. The third kappa shape index (κ3) is 7.93. The van der Waals surface area contributed by atoms with Crippen molar-refractivity contribution in [3.8, 4) is 5.75 Å². The van der Waals surface area contributed by atoms with E-state index in [1.807, 2.05) is 13.8 Å². The van der Waals surface area contributed by atoms with Crippen LogP contribution < -0.4 is 10.1 Å². The number of aliphatic hydroxyl groups excluding tert-OH is 1. The summed E-state index contributed by atoms with van der Waals surface area (Å²) in [5.74, 6) is 0.598. The molecule has 0 aliphatic carbocycles. The van der Waals surface area contributed by atoms with Crippen molar-refractivity contribution in [3.63, 3.8) is 0 Å². The number of ether oxygens (including phenoxy) is 1. The number of carbonyl (C=O) groups excluding carboxylic acids is 1. The maximum atomic E-state index is 11.8. The highest BCUT2D eigenvalue weighted by Gasteiger charge is 2.20. The van der Waals surface area contributed by atoms with Gasteiger partial charge in [0.1, 0.15) is 5.75 Å². The molecule has 2 N–H and O–H groups in total. The minimum absolute atomic E-state index is 0.0595. The highest BCUT2D eigenvalue weighted by Crippen LogP contribution is 2.21. The largest absolute Gasteiger partial charge is 0.493 e. The second kappa shape index (κ2) is 8.25. The number of halogens is 1. The minimum Gasteiger partial charge on any atom is -0.493 e. The first-order valence-electron chi connectivity index (χ1n) is 7.12. The first kappa shape index (κ1) is 17.8. The molecule has 0 bridgehead atoms. The molecule has 21 heavy (non-hydrogen) atoms. The van der Waals surface area contributed by atoms with Gasteiger partial charge >= 0.3 is 0 Å². The summed E-state index contributed by atoms with van der Waals surface area (Å²) in [6, 6.07) is 7.09. The van der Waals surface area contributed by atoms with E-state index >= 15 is 0 Å². The Hall–Kier alpha value is -1.26. The summed E-state index contributed by atoms with van der Waals surface area (Å²) >= 11 is 5.85. The van der Waals surface area contributed by atoms with Crippen LogP contribution in [0.1, 0.15) is 33.6 Å². The monoisotopic (exact) mass is 313 g/mol. The van der Waals surface area contributed by atoms with Crippen molar-refractivity contribution < 1.29 is 14.6 Å². The molecule has 0 radical (unpaired) electrons. The summed E-state index contributed by atoms with van der Waals surface area (Å²) < 4.78 is 5.47. The van der Waals surface area contributed by atoms with E-state index in [0.717, 1.165) is 0 Å². The van der Waals surface area contributed by atoms with Crippen molar-refractivity contribution in [1.29, 1.82) is 0 Å². The van der Waals surface area contributed by atoms with Gasteiger partial charge in [0, 0.05) is 11.6 Å². The Morgan fingerprint density at radius 2 is 2.19 bits per heavy atom. The first-order chi connectivity index (χ1) is 9.78. The Bertz CT molecular complexity index is 461. The zero-order chi connectivity index (χ0) is 15.9. The van der Waals surface area contributed by atoms with E-state index in [9.17, 15) is 9.90 Å². The van der Waals surface area contributed by atoms with Crippen LogP contribution in [0.3, 0.4) is 0 Å². The fourth-order valence-electron chi connectivity index (χ4n) is 2.12. The molecule has 1 amide bonds. The van der Waals surface area contributed by atoms with E-state index in [1.54, 1.807) is 31.2 Å². The number of nitrogens with one attached hydrogen (secondary N) is 1. The molecule has 0 saturated heterocycles. The molecule has 0 unspecified atom stereocenters. The molecule has 1 atom stereocenters. The van der Waals surface area contributed by atoms with Gasteiger partial charge in [0.25, 0.3) is 0 Å². The van der Waals surface area contributed by atoms with Crippen molar-refractivity contribution in [3.05, 3.63) is 29.3 Å². The van der Waals surface area contributed by atoms with Gasteiger partial charge in [-0.1, -0.05) is 31.5 Å². The molecule has 0 aliphatic rings. The number of hydrogen-bond donors (Lipinski definition) is 2. The predicted molar refractivity (Wildman–Crippen MR) is 84.7 cm³/mol. The van der Waals surface area contributed by atoms with Gasteiger partial charge in [-0.25, -0.2) is 0 Å². The quantitative estimate of drug-likeness (QED) is 0.775.